The van der Waals surface area contributed by atoms with Crippen molar-refractivity contribution in [3.05, 3.63) is 52.4 Å². The van der Waals surface area contributed by atoms with Gasteiger partial charge in [0.25, 0.3) is 0 Å². The van der Waals surface area contributed by atoms with E-state index in [4.69, 9.17) is 9.47 Å². The third-order valence-corrected chi connectivity index (χ3v) is 6.28. The molecule has 1 unspecified atom stereocenters. The minimum atomic E-state index is -1.02. The Morgan fingerprint density at radius 2 is 2.03 bits per heavy atom. The summed E-state index contributed by atoms with van der Waals surface area (Å²) >= 11 is 1.51. The molecule has 4 nitrogen and oxygen atoms in total. The van der Waals surface area contributed by atoms with E-state index in [1.165, 1.54) is 16.9 Å². The van der Waals surface area contributed by atoms with E-state index in [0.29, 0.717) is 0 Å². The maximum absolute atomic E-state index is 12.2. The Balaban J connectivity index is 1.96. The van der Waals surface area contributed by atoms with Crippen molar-refractivity contribution in [3.8, 4) is 16.9 Å². The van der Waals surface area contributed by atoms with Gasteiger partial charge in [0.15, 0.2) is 6.10 Å². The molecule has 4 rings (SSSR count). The molecule has 1 aliphatic rings. The fourth-order valence-corrected chi connectivity index (χ4v) is 5.22. The van der Waals surface area contributed by atoms with Crippen molar-refractivity contribution in [1.29, 1.82) is 0 Å². The van der Waals surface area contributed by atoms with E-state index in [-0.39, 0.29) is 0 Å². The van der Waals surface area contributed by atoms with E-state index in [9.17, 15) is 9.90 Å². The summed E-state index contributed by atoms with van der Waals surface area (Å²) in [6.07, 6.45) is 0.951. The first-order chi connectivity index (χ1) is 13.7. The summed E-state index contributed by atoms with van der Waals surface area (Å²) in [5.41, 5.74) is 3.72. The van der Waals surface area contributed by atoms with Crippen LogP contribution in [0, 0.1) is 6.92 Å². The fourth-order valence-electron chi connectivity index (χ4n) is 3.90. The monoisotopic (exact) mass is 410 g/mol. The quantitative estimate of drug-likeness (QED) is 0.561. The standard InChI is InChI=1S/C24H26O4S/c1-14-7-5-9-18-19(14)20(16-10-11-17-15(13-16)8-6-12-27-17)22(29-18)21(23(25)26)28-24(2,3)4/h5,7,9-11,13,21H,6,8,12H2,1-4H3,(H,25,26). The summed E-state index contributed by atoms with van der Waals surface area (Å²) in [5, 5.41) is 11.1. The molecule has 0 saturated carbocycles. The number of hydrogen-bond acceptors (Lipinski definition) is 4. The molecular weight excluding hydrogens is 384 g/mol. The average Bonchev–Trinajstić information content (AvgIpc) is 3.05. The number of benzene rings is 2. The maximum Gasteiger partial charge on any atom is 0.338 e. The van der Waals surface area contributed by atoms with Crippen LogP contribution in [0.5, 0.6) is 5.75 Å². The van der Waals surface area contributed by atoms with E-state index >= 15 is 0 Å². The summed E-state index contributed by atoms with van der Waals surface area (Å²) in [6.45, 7) is 8.48. The van der Waals surface area contributed by atoms with Crippen molar-refractivity contribution >= 4 is 27.4 Å². The zero-order chi connectivity index (χ0) is 20.8. The Labute approximate surface area is 175 Å². The minimum Gasteiger partial charge on any atom is -0.493 e. The molecule has 0 radical (unpaired) electrons. The third kappa shape index (κ3) is 3.89. The first-order valence-electron chi connectivity index (χ1n) is 9.93. The molecule has 0 saturated heterocycles. The van der Waals surface area contributed by atoms with Crippen LogP contribution in [0.3, 0.4) is 0 Å². The Morgan fingerprint density at radius 1 is 1.24 bits per heavy atom. The normalized spacial score (nSPS) is 15.0. The Morgan fingerprint density at radius 3 is 2.76 bits per heavy atom. The molecule has 0 amide bonds. The van der Waals surface area contributed by atoms with Crippen LogP contribution in [0.4, 0.5) is 0 Å². The van der Waals surface area contributed by atoms with Crippen molar-refractivity contribution in [3.63, 3.8) is 0 Å². The second-order valence-electron chi connectivity index (χ2n) is 8.51. The van der Waals surface area contributed by atoms with Crippen LogP contribution in [0.25, 0.3) is 21.2 Å². The highest BCUT2D eigenvalue weighted by atomic mass is 32.1. The highest BCUT2D eigenvalue weighted by Crippen LogP contribution is 2.46. The van der Waals surface area contributed by atoms with Crippen LogP contribution in [-0.4, -0.2) is 23.3 Å². The molecule has 0 bridgehead atoms. The van der Waals surface area contributed by atoms with Gasteiger partial charge in [-0.2, -0.15) is 0 Å². The van der Waals surface area contributed by atoms with Crippen LogP contribution in [0.2, 0.25) is 0 Å². The zero-order valence-corrected chi connectivity index (χ0v) is 18.1. The fraction of sp³-hybridized carbons (Fsp3) is 0.375. The zero-order valence-electron chi connectivity index (χ0n) is 17.2. The third-order valence-electron chi connectivity index (χ3n) is 5.08. The predicted octanol–water partition coefficient (Wildman–Crippen LogP) is 6.14. The van der Waals surface area contributed by atoms with Gasteiger partial charge in [0.05, 0.1) is 17.1 Å². The molecule has 1 atom stereocenters. The predicted molar refractivity (Wildman–Crippen MR) is 117 cm³/mol. The SMILES string of the molecule is Cc1cccc2sc(C(OC(C)(C)C)C(=O)O)c(-c3ccc4c(c3)CCCO4)c12. The molecular formula is C24H26O4S. The van der Waals surface area contributed by atoms with Gasteiger partial charge in [0.2, 0.25) is 0 Å². The van der Waals surface area contributed by atoms with Crippen LogP contribution in [0.15, 0.2) is 36.4 Å². The summed E-state index contributed by atoms with van der Waals surface area (Å²) in [6, 6.07) is 12.3. The molecule has 1 N–H and O–H groups in total. The van der Waals surface area contributed by atoms with Gasteiger partial charge in [-0.05, 0) is 75.4 Å². The molecule has 0 spiro atoms. The summed E-state index contributed by atoms with van der Waals surface area (Å²) in [4.78, 5) is 13.0. The number of hydrogen-bond donors (Lipinski definition) is 1. The number of carboxylic acid groups (broad SMARTS) is 1. The number of ether oxygens (including phenoxy) is 2. The number of aryl methyl sites for hydroxylation is 2. The number of aliphatic carboxylic acids is 1. The molecule has 2 aromatic carbocycles. The Kier molecular flexibility index (Phi) is 5.13. The molecule has 3 aromatic rings. The molecule has 2 heterocycles. The van der Waals surface area contributed by atoms with Gasteiger partial charge in [-0.3, -0.25) is 0 Å². The van der Waals surface area contributed by atoms with Crippen LogP contribution in [0.1, 0.15) is 49.3 Å². The van der Waals surface area contributed by atoms with Crippen molar-refractivity contribution in [2.45, 2.75) is 52.2 Å². The second-order valence-corrected chi connectivity index (χ2v) is 9.60. The van der Waals surface area contributed by atoms with Crippen molar-refractivity contribution in [2.75, 3.05) is 6.61 Å². The highest BCUT2D eigenvalue weighted by Gasteiger charge is 2.32. The topological polar surface area (TPSA) is 55.8 Å². The smallest absolute Gasteiger partial charge is 0.338 e. The van der Waals surface area contributed by atoms with Crippen LogP contribution in [-0.2, 0) is 16.0 Å². The van der Waals surface area contributed by atoms with Gasteiger partial charge < -0.3 is 14.6 Å². The maximum atomic E-state index is 12.2. The summed E-state index contributed by atoms with van der Waals surface area (Å²) < 4.78 is 12.9. The number of carboxylic acids is 1. The van der Waals surface area contributed by atoms with E-state index < -0.39 is 17.7 Å². The number of fused-ring (bicyclic) bond motifs is 2. The second kappa shape index (κ2) is 7.47. The number of thiophene rings is 1. The number of carbonyl (C=O) groups is 1. The van der Waals surface area contributed by atoms with Crippen LogP contribution >= 0.6 is 11.3 Å². The summed E-state index contributed by atoms with van der Waals surface area (Å²) in [5.74, 6) is -0.0368. The lowest BCUT2D eigenvalue weighted by Crippen LogP contribution is -2.27. The minimum absolute atomic E-state index is 0.574. The molecule has 152 valence electrons. The lowest BCUT2D eigenvalue weighted by Gasteiger charge is -2.25. The van der Waals surface area contributed by atoms with Gasteiger partial charge in [0, 0.05) is 15.6 Å². The molecule has 1 aromatic heterocycles. The van der Waals surface area contributed by atoms with E-state index in [1.54, 1.807) is 0 Å². The Hall–Kier alpha value is -2.37. The number of rotatable bonds is 4. The lowest BCUT2D eigenvalue weighted by molar-refractivity contribution is -0.160. The van der Waals surface area contributed by atoms with Gasteiger partial charge in [0.1, 0.15) is 5.75 Å². The van der Waals surface area contributed by atoms with Gasteiger partial charge in [-0.15, -0.1) is 11.3 Å². The van der Waals surface area contributed by atoms with Crippen molar-refractivity contribution in [2.24, 2.45) is 0 Å². The summed E-state index contributed by atoms with van der Waals surface area (Å²) in [7, 11) is 0. The van der Waals surface area contributed by atoms with Gasteiger partial charge >= 0.3 is 5.97 Å². The molecule has 5 heteroatoms. The van der Waals surface area contributed by atoms with E-state index in [0.717, 1.165) is 56.9 Å². The average molecular weight is 411 g/mol. The highest BCUT2D eigenvalue weighted by molar-refractivity contribution is 7.20. The van der Waals surface area contributed by atoms with Crippen molar-refractivity contribution < 1.29 is 19.4 Å². The van der Waals surface area contributed by atoms with E-state index in [1.807, 2.05) is 39.0 Å². The first kappa shape index (κ1) is 19.9. The van der Waals surface area contributed by atoms with Crippen LogP contribution < -0.4 is 4.74 Å². The molecule has 0 fully saturated rings. The van der Waals surface area contributed by atoms with Gasteiger partial charge in [-0.1, -0.05) is 18.2 Å². The van der Waals surface area contributed by atoms with E-state index in [2.05, 4.69) is 25.1 Å². The molecule has 0 aliphatic carbocycles. The molecule has 29 heavy (non-hydrogen) atoms. The molecule has 1 aliphatic heterocycles. The Bertz CT molecular complexity index is 1070. The largest absolute Gasteiger partial charge is 0.493 e. The van der Waals surface area contributed by atoms with Gasteiger partial charge in [-0.25, -0.2) is 4.79 Å². The first-order valence-corrected chi connectivity index (χ1v) is 10.7. The van der Waals surface area contributed by atoms with Crippen molar-refractivity contribution in [1.82, 2.24) is 0 Å². The lowest BCUT2D eigenvalue weighted by atomic mass is 9.94.